The van der Waals surface area contributed by atoms with Gasteiger partial charge in [0.15, 0.2) is 0 Å². The summed E-state index contributed by atoms with van der Waals surface area (Å²) in [7, 11) is 0. The second-order valence-corrected chi connectivity index (χ2v) is 5.43. The number of aromatic nitrogens is 4. The number of hydrogen-bond donors (Lipinski definition) is 4. The molecule has 0 aliphatic rings. The third-order valence-corrected chi connectivity index (χ3v) is 3.45. The van der Waals surface area contributed by atoms with E-state index in [2.05, 4.69) is 31.0 Å². The van der Waals surface area contributed by atoms with E-state index in [1.165, 1.54) is 23.1 Å². The molecule has 0 aliphatic heterocycles. The van der Waals surface area contributed by atoms with Crippen LogP contribution >= 0.6 is 0 Å². The van der Waals surface area contributed by atoms with Crippen LogP contribution in [-0.2, 0) is 4.79 Å². The van der Waals surface area contributed by atoms with Gasteiger partial charge in [0.2, 0.25) is 5.91 Å². The Morgan fingerprint density at radius 2 is 1.85 bits per heavy atom. The summed E-state index contributed by atoms with van der Waals surface area (Å²) >= 11 is 0. The number of fused-ring (bicyclic) bond motifs is 1. The lowest BCUT2D eigenvalue weighted by Gasteiger charge is -2.10. The van der Waals surface area contributed by atoms with E-state index in [0.717, 1.165) is 0 Å². The largest absolute Gasteiger partial charge is 0.370 e. The van der Waals surface area contributed by atoms with Gasteiger partial charge in [0.25, 0.3) is 11.7 Å². The van der Waals surface area contributed by atoms with E-state index in [1.807, 2.05) is 0 Å². The van der Waals surface area contributed by atoms with Crippen LogP contribution in [0, 0.1) is 0 Å². The van der Waals surface area contributed by atoms with Crippen molar-refractivity contribution in [1.29, 1.82) is 0 Å². The van der Waals surface area contributed by atoms with Crippen molar-refractivity contribution in [3.05, 3.63) is 48.5 Å². The fraction of sp³-hybridized carbons (Fsp3) is 0.125. The van der Waals surface area contributed by atoms with Gasteiger partial charge >= 0.3 is 6.03 Å². The molecule has 3 rings (SSSR count). The van der Waals surface area contributed by atoms with Gasteiger partial charge in [-0.1, -0.05) is 6.07 Å². The van der Waals surface area contributed by atoms with Crippen molar-refractivity contribution in [2.75, 3.05) is 17.2 Å². The van der Waals surface area contributed by atoms with Crippen molar-refractivity contribution in [2.45, 2.75) is 6.42 Å². The topological polar surface area (TPSA) is 156 Å². The highest BCUT2D eigenvalue weighted by atomic mass is 16.2. The highest BCUT2D eigenvalue weighted by Crippen LogP contribution is 2.16. The van der Waals surface area contributed by atoms with Crippen LogP contribution in [0.5, 0.6) is 0 Å². The number of carbonyl (C=O) groups is 3. The van der Waals surface area contributed by atoms with Crippen LogP contribution in [0.4, 0.5) is 16.2 Å². The summed E-state index contributed by atoms with van der Waals surface area (Å²) in [4.78, 5) is 42.9. The minimum atomic E-state index is -0.502. The summed E-state index contributed by atoms with van der Waals surface area (Å²) < 4.78 is 1.32. The van der Waals surface area contributed by atoms with E-state index in [4.69, 9.17) is 5.73 Å². The number of amides is 4. The maximum absolute atomic E-state index is 12.5. The van der Waals surface area contributed by atoms with E-state index in [1.54, 1.807) is 24.3 Å². The van der Waals surface area contributed by atoms with Gasteiger partial charge < -0.3 is 21.7 Å². The Balaban J connectivity index is 1.65. The number of nitrogens with one attached hydrogen (secondary N) is 3. The molecule has 5 N–H and O–H groups in total. The maximum Gasteiger partial charge on any atom is 0.319 e. The van der Waals surface area contributed by atoms with Crippen LogP contribution in [0.15, 0.2) is 42.9 Å². The lowest BCUT2D eigenvalue weighted by molar-refractivity contribution is -0.117. The van der Waals surface area contributed by atoms with Gasteiger partial charge in [-0.15, -0.1) is 0 Å². The number of urea groups is 1. The molecule has 138 valence electrons. The van der Waals surface area contributed by atoms with Gasteiger partial charge in [0.1, 0.15) is 12.0 Å². The number of hydrogen-bond acceptors (Lipinski definition) is 6. The molecule has 0 bridgehead atoms. The quantitative estimate of drug-likeness (QED) is 0.492. The number of nitrogens with zero attached hydrogens (tertiary/aromatic N) is 4. The highest BCUT2D eigenvalue weighted by Gasteiger charge is 2.12. The first-order valence-electron chi connectivity index (χ1n) is 7.92. The van der Waals surface area contributed by atoms with Crippen molar-refractivity contribution in [3.8, 4) is 0 Å². The van der Waals surface area contributed by atoms with Crippen LogP contribution in [0.1, 0.15) is 16.9 Å². The third kappa shape index (κ3) is 4.54. The molecule has 3 aromatic rings. The molecule has 0 atom stereocenters. The Hall–Kier alpha value is -4.02. The number of nitrogens with two attached hydrogens (primary N) is 1. The Morgan fingerprint density at radius 1 is 1.07 bits per heavy atom. The monoisotopic (exact) mass is 368 g/mol. The summed E-state index contributed by atoms with van der Waals surface area (Å²) in [6.07, 6.45) is 2.82. The Morgan fingerprint density at radius 3 is 2.63 bits per heavy atom. The summed E-state index contributed by atoms with van der Waals surface area (Å²) in [5.74, 6) is -0.598. The standard InChI is InChI=1S/C16H16N8O3/c17-13(25)5-7-19-16(27)23-11-3-1-2-10(8-11)22-14(26)12-4-6-18-15-20-9-21-24(12)15/h1-4,6,8-9H,5,7H2,(H2,17,25)(H,22,26)(H2,19,23,27). The van der Waals surface area contributed by atoms with Crippen molar-refractivity contribution in [1.82, 2.24) is 24.9 Å². The molecule has 0 radical (unpaired) electrons. The molecule has 0 fully saturated rings. The van der Waals surface area contributed by atoms with Gasteiger partial charge in [-0.05, 0) is 24.3 Å². The molecule has 11 heteroatoms. The first-order valence-corrected chi connectivity index (χ1v) is 7.92. The van der Waals surface area contributed by atoms with Crippen molar-refractivity contribution >= 4 is 35.0 Å². The Bertz CT molecular complexity index is 1000. The van der Waals surface area contributed by atoms with Crippen LogP contribution in [0.3, 0.4) is 0 Å². The predicted molar refractivity (Wildman–Crippen MR) is 96.0 cm³/mol. The highest BCUT2D eigenvalue weighted by molar-refractivity contribution is 6.03. The lowest BCUT2D eigenvalue weighted by atomic mass is 10.2. The van der Waals surface area contributed by atoms with Crippen LogP contribution in [0.2, 0.25) is 0 Å². The molecule has 1 aromatic carbocycles. The molecule has 0 spiro atoms. The molecule has 0 saturated heterocycles. The average Bonchev–Trinajstić information content (AvgIpc) is 3.10. The fourth-order valence-electron chi connectivity index (χ4n) is 2.25. The van der Waals surface area contributed by atoms with Crippen molar-refractivity contribution in [2.24, 2.45) is 5.73 Å². The summed E-state index contributed by atoms with van der Waals surface area (Å²) in [6, 6.07) is 7.63. The molecule has 27 heavy (non-hydrogen) atoms. The van der Waals surface area contributed by atoms with E-state index >= 15 is 0 Å². The van der Waals surface area contributed by atoms with E-state index < -0.39 is 17.8 Å². The minimum absolute atomic E-state index is 0.0478. The molecule has 0 aliphatic carbocycles. The molecule has 0 unspecified atom stereocenters. The molecular formula is C16H16N8O3. The molecule has 2 heterocycles. The number of carbonyl (C=O) groups excluding carboxylic acids is 3. The molecule has 11 nitrogen and oxygen atoms in total. The molecule has 4 amide bonds. The van der Waals surface area contributed by atoms with Crippen LogP contribution in [-0.4, -0.2) is 44.0 Å². The first-order chi connectivity index (χ1) is 13.0. The minimum Gasteiger partial charge on any atom is -0.370 e. The summed E-state index contributed by atoms with van der Waals surface area (Å²) in [6.45, 7) is 0.132. The number of primary amides is 1. The van der Waals surface area contributed by atoms with Gasteiger partial charge in [0.05, 0.1) is 0 Å². The average molecular weight is 368 g/mol. The van der Waals surface area contributed by atoms with E-state index in [0.29, 0.717) is 17.2 Å². The van der Waals surface area contributed by atoms with Gasteiger partial charge in [-0.2, -0.15) is 14.6 Å². The Labute approximate surface area is 153 Å². The van der Waals surface area contributed by atoms with Gasteiger partial charge in [-0.3, -0.25) is 9.59 Å². The van der Waals surface area contributed by atoms with Gasteiger partial charge in [0, 0.05) is 30.5 Å². The fourth-order valence-corrected chi connectivity index (χ4v) is 2.25. The zero-order valence-electron chi connectivity index (χ0n) is 14.0. The smallest absolute Gasteiger partial charge is 0.319 e. The predicted octanol–water partition coefficient (Wildman–Crippen LogP) is 0.373. The summed E-state index contributed by atoms with van der Waals surface area (Å²) in [5, 5.41) is 11.8. The molecule has 2 aromatic heterocycles. The van der Waals surface area contributed by atoms with E-state index in [9.17, 15) is 14.4 Å². The number of anilines is 2. The van der Waals surface area contributed by atoms with Crippen molar-refractivity contribution < 1.29 is 14.4 Å². The second kappa shape index (κ2) is 7.91. The first kappa shape index (κ1) is 17.8. The molecular weight excluding hydrogens is 352 g/mol. The van der Waals surface area contributed by atoms with Gasteiger partial charge in [-0.25, -0.2) is 9.78 Å². The zero-order valence-corrected chi connectivity index (χ0v) is 14.0. The van der Waals surface area contributed by atoms with Crippen molar-refractivity contribution in [3.63, 3.8) is 0 Å². The third-order valence-electron chi connectivity index (χ3n) is 3.45. The second-order valence-electron chi connectivity index (χ2n) is 5.43. The molecule has 0 saturated carbocycles. The zero-order chi connectivity index (χ0) is 19.2. The van der Waals surface area contributed by atoms with Crippen LogP contribution in [0.25, 0.3) is 5.78 Å². The number of benzene rings is 1. The summed E-state index contributed by atoms with van der Waals surface area (Å²) in [5.41, 5.74) is 6.21. The number of rotatable bonds is 6. The lowest BCUT2D eigenvalue weighted by Crippen LogP contribution is -2.31. The Kier molecular flexibility index (Phi) is 5.21. The normalized spacial score (nSPS) is 10.4. The van der Waals surface area contributed by atoms with Crippen LogP contribution < -0.4 is 21.7 Å². The SMILES string of the molecule is NC(=O)CCNC(=O)Nc1cccc(NC(=O)c2ccnc3ncnn23)c1. The maximum atomic E-state index is 12.5. The van der Waals surface area contributed by atoms with E-state index in [-0.39, 0.29) is 18.7 Å².